The third kappa shape index (κ3) is 3.74. The maximum atomic E-state index is 13.9. The number of phenolic OH excluding ortho intramolecular Hbond substituents is 1. The van der Waals surface area contributed by atoms with E-state index >= 15 is 0 Å². The molecule has 0 saturated carbocycles. The van der Waals surface area contributed by atoms with Crippen molar-refractivity contribution in [2.75, 3.05) is 6.61 Å². The van der Waals surface area contributed by atoms with Gasteiger partial charge < -0.3 is 15.2 Å². The van der Waals surface area contributed by atoms with Crippen LogP contribution in [0, 0.1) is 5.82 Å². The van der Waals surface area contributed by atoms with Crippen LogP contribution in [-0.4, -0.2) is 23.4 Å². The van der Waals surface area contributed by atoms with Gasteiger partial charge in [-0.25, -0.2) is 4.39 Å². The number of hydrogen-bond acceptors (Lipinski definition) is 3. The highest BCUT2D eigenvalue weighted by Gasteiger charge is 2.35. The molecule has 2 atom stereocenters. The summed E-state index contributed by atoms with van der Waals surface area (Å²) in [5, 5.41) is 12.8. The SMILES string of the molecule is CCC1(CC)CC(NC(C)c2ccc(O)cc2F)CCO1. The van der Waals surface area contributed by atoms with Gasteiger partial charge in [0.2, 0.25) is 0 Å². The predicted octanol–water partition coefficient (Wildman–Crippen LogP) is 3.92. The van der Waals surface area contributed by atoms with Crippen molar-refractivity contribution >= 4 is 0 Å². The fraction of sp³-hybridized carbons (Fsp3) is 0.647. The molecule has 3 nitrogen and oxygen atoms in total. The number of benzene rings is 1. The molecule has 0 radical (unpaired) electrons. The van der Waals surface area contributed by atoms with Gasteiger partial charge in [0.05, 0.1) is 5.60 Å². The number of nitrogens with one attached hydrogen (secondary N) is 1. The highest BCUT2D eigenvalue weighted by atomic mass is 19.1. The summed E-state index contributed by atoms with van der Waals surface area (Å²) in [5.41, 5.74) is 0.557. The number of aromatic hydroxyl groups is 1. The van der Waals surface area contributed by atoms with Gasteiger partial charge in [-0.3, -0.25) is 0 Å². The Kier molecular flexibility index (Phi) is 5.22. The maximum Gasteiger partial charge on any atom is 0.131 e. The molecule has 2 N–H and O–H groups in total. The Morgan fingerprint density at radius 2 is 2.14 bits per heavy atom. The normalized spacial score (nSPS) is 23.0. The summed E-state index contributed by atoms with van der Waals surface area (Å²) in [6.45, 7) is 7.04. The zero-order chi connectivity index (χ0) is 15.5. The first-order valence-corrected chi connectivity index (χ1v) is 7.88. The van der Waals surface area contributed by atoms with Crippen molar-refractivity contribution in [2.45, 2.75) is 64.1 Å². The van der Waals surface area contributed by atoms with Crippen molar-refractivity contribution in [3.05, 3.63) is 29.6 Å². The number of hydrogen-bond donors (Lipinski definition) is 2. The van der Waals surface area contributed by atoms with Gasteiger partial charge in [-0.05, 0) is 38.7 Å². The fourth-order valence-electron chi connectivity index (χ4n) is 3.22. The second-order valence-corrected chi connectivity index (χ2v) is 6.02. The average Bonchev–Trinajstić information content (AvgIpc) is 2.47. The molecule has 1 fully saturated rings. The molecule has 0 spiro atoms. The van der Waals surface area contributed by atoms with Crippen LogP contribution in [0.25, 0.3) is 0 Å². The largest absolute Gasteiger partial charge is 0.508 e. The van der Waals surface area contributed by atoms with Gasteiger partial charge in [0.1, 0.15) is 11.6 Å². The summed E-state index contributed by atoms with van der Waals surface area (Å²) in [4.78, 5) is 0. The molecule has 1 aromatic carbocycles. The molecule has 1 aliphatic rings. The van der Waals surface area contributed by atoms with E-state index in [0.717, 1.165) is 32.3 Å². The number of ether oxygens (including phenoxy) is 1. The van der Waals surface area contributed by atoms with E-state index in [0.29, 0.717) is 11.6 Å². The molecule has 0 amide bonds. The number of phenols is 1. The van der Waals surface area contributed by atoms with Crippen LogP contribution < -0.4 is 5.32 Å². The molecule has 1 aliphatic heterocycles. The molecule has 1 heterocycles. The summed E-state index contributed by atoms with van der Waals surface area (Å²) in [6.07, 6.45) is 3.92. The van der Waals surface area contributed by atoms with E-state index < -0.39 is 0 Å². The molecule has 4 heteroatoms. The van der Waals surface area contributed by atoms with E-state index in [2.05, 4.69) is 19.2 Å². The third-order valence-corrected chi connectivity index (χ3v) is 4.72. The fourth-order valence-corrected chi connectivity index (χ4v) is 3.22. The lowest BCUT2D eigenvalue weighted by Crippen LogP contribution is -2.47. The van der Waals surface area contributed by atoms with E-state index in [1.54, 1.807) is 6.07 Å². The van der Waals surface area contributed by atoms with Crippen LogP contribution in [-0.2, 0) is 4.74 Å². The zero-order valence-electron chi connectivity index (χ0n) is 13.2. The van der Waals surface area contributed by atoms with Crippen LogP contribution in [0.2, 0.25) is 0 Å². The Balaban J connectivity index is 2.03. The van der Waals surface area contributed by atoms with E-state index in [4.69, 9.17) is 4.74 Å². The Morgan fingerprint density at radius 1 is 1.43 bits per heavy atom. The van der Waals surface area contributed by atoms with Crippen LogP contribution in [0.1, 0.15) is 58.1 Å². The van der Waals surface area contributed by atoms with Gasteiger partial charge in [-0.15, -0.1) is 0 Å². The molecule has 0 bridgehead atoms. The summed E-state index contributed by atoms with van der Waals surface area (Å²) in [6, 6.07) is 4.60. The molecule has 1 aromatic rings. The summed E-state index contributed by atoms with van der Waals surface area (Å²) >= 11 is 0. The van der Waals surface area contributed by atoms with Gasteiger partial charge in [-0.2, -0.15) is 0 Å². The van der Waals surface area contributed by atoms with Crippen molar-refractivity contribution in [2.24, 2.45) is 0 Å². The zero-order valence-corrected chi connectivity index (χ0v) is 13.2. The van der Waals surface area contributed by atoms with Crippen LogP contribution in [0.4, 0.5) is 4.39 Å². The first kappa shape index (κ1) is 16.2. The Morgan fingerprint density at radius 3 is 2.76 bits per heavy atom. The summed E-state index contributed by atoms with van der Waals surface area (Å²) in [7, 11) is 0. The van der Waals surface area contributed by atoms with Crippen LogP contribution in [0.15, 0.2) is 18.2 Å². The van der Waals surface area contributed by atoms with Crippen LogP contribution in [0.5, 0.6) is 5.75 Å². The maximum absolute atomic E-state index is 13.9. The first-order valence-electron chi connectivity index (χ1n) is 7.88. The molecular weight excluding hydrogens is 269 g/mol. The molecular formula is C17H26FNO2. The van der Waals surface area contributed by atoms with Gasteiger partial charge in [-0.1, -0.05) is 19.9 Å². The van der Waals surface area contributed by atoms with Crippen molar-refractivity contribution in [3.8, 4) is 5.75 Å². The topological polar surface area (TPSA) is 41.5 Å². The van der Waals surface area contributed by atoms with Crippen molar-refractivity contribution in [3.63, 3.8) is 0 Å². The summed E-state index contributed by atoms with van der Waals surface area (Å²) < 4.78 is 19.9. The van der Waals surface area contributed by atoms with Gasteiger partial charge in [0.15, 0.2) is 0 Å². The molecule has 21 heavy (non-hydrogen) atoms. The van der Waals surface area contributed by atoms with Crippen LogP contribution in [0.3, 0.4) is 0 Å². The Hall–Kier alpha value is -1.13. The van der Waals surface area contributed by atoms with Gasteiger partial charge in [0, 0.05) is 30.3 Å². The lowest BCUT2D eigenvalue weighted by molar-refractivity contribution is -0.0940. The standard InChI is InChI=1S/C17H26FNO2/c1-4-17(5-2)11-13(8-9-21-17)19-12(3)15-7-6-14(20)10-16(15)18/h6-7,10,12-13,19-20H,4-5,8-9,11H2,1-3H3. The number of rotatable bonds is 5. The molecule has 1 saturated heterocycles. The minimum atomic E-state index is -0.362. The van der Waals surface area contributed by atoms with Crippen LogP contribution >= 0.6 is 0 Å². The third-order valence-electron chi connectivity index (χ3n) is 4.72. The second-order valence-electron chi connectivity index (χ2n) is 6.02. The second kappa shape index (κ2) is 6.75. The number of halogens is 1. The highest BCUT2D eigenvalue weighted by molar-refractivity contribution is 5.29. The van der Waals surface area contributed by atoms with E-state index in [1.807, 2.05) is 6.92 Å². The summed E-state index contributed by atoms with van der Waals surface area (Å²) in [5.74, 6) is -0.398. The molecule has 2 unspecified atom stereocenters. The monoisotopic (exact) mass is 295 g/mol. The van der Waals surface area contributed by atoms with E-state index in [1.165, 1.54) is 12.1 Å². The minimum Gasteiger partial charge on any atom is -0.508 e. The van der Waals surface area contributed by atoms with Gasteiger partial charge in [0.25, 0.3) is 0 Å². The predicted molar refractivity (Wildman–Crippen MR) is 81.9 cm³/mol. The lowest BCUT2D eigenvalue weighted by atomic mass is 9.85. The quantitative estimate of drug-likeness (QED) is 0.865. The lowest BCUT2D eigenvalue weighted by Gasteiger charge is -2.41. The van der Waals surface area contributed by atoms with Crippen molar-refractivity contribution in [1.29, 1.82) is 0 Å². The van der Waals surface area contributed by atoms with Crippen molar-refractivity contribution in [1.82, 2.24) is 5.32 Å². The molecule has 118 valence electrons. The van der Waals surface area contributed by atoms with E-state index in [-0.39, 0.29) is 23.2 Å². The minimum absolute atomic E-state index is 0.0366. The average molecular weight is 295 g/mol. The smallest absolute Gasteiger partial charge is 0.131 e. The van der Waals surface area contributed by atoms with E-state index in [9.17, 15) is 9.50 Å². The Labute approximate surface area is 126 Å². The highest BCUT2D eigenvalue weighted by Crippen LogP contribution is 2.32. The first-order chi connectivity index (χ1) is 9.99. The van der Waals surface area contributed by atoms with Crippen molar-refractivity contribution < 1.29 is 14.2 Å². The van der Waals surface area contributed by atoms with Gasteiger partial charge >= 0.3 is 0 Å². The molecule has 0 aromatic heterocycles. The molecule has 2 rings (SSSR count). The Bertz CT molecular complexity index is 474. The molecule has 0 aliphatic carbocycles.